The Morgan fingerprint density at radius 1 is 1.37 bits per heavy atom. The Hall–Kier alpha value is -1.75. The number of phenols is 1. The molecule has 104 valence electrons. The summed E-state index contributed by atoms with van der Waals surface area (Å²) in [6.07, 6.45) is 3.50. The van der Waals surface area contributed by atoms with E-state index in [0.717, 1.165) is 25.7 Å². The highest BCUT2D eigenvalue weighted by Gasteiger charge is 2.24. The molecule has 0 saturated heterocycles. The minimum atomic E-state index is -0.359. The lowest BCUT2D eigenvalue weighted by Crippen LogP contribution is -2.36. The topological polar surface area (TPSA) is 95.6 Å². The molecule has 0 bridgehead atoms. The van der Waals surface area contributed by atoms with Crippen LogP contribution >= 0.6 is 0 Å². The van der Waals surface area contributed by atoms with E-state index in [1.165, 1.54) is 12.1 Å². The molecule has 0 radical (unpaired) electrons. The van der Waals surface area contributed by atoms with Crippen LogP contribution in [-0.2, 0) is 0 Å². The fourth-order valence-electron chi connectivity index (χ4n) is 2.49. The molecule has 1 amide bonds. The van der Waals surface area contributed by atoms with Gasteiger partial charge in [-0.05, 0) is 25.0 Å². The molecule has 1 saturated carbocycles. The summed E-state index contributed by atoms with van der Waals surface area (Å²) in [5, 5.41) is 22.3. The minimum absolute atomic E-state index is 0.0981. The quantitative estimate of drug-likeness (QED) is 0.488. The van der Waals surface area contributed by atoms with Gasteiger partial charge in [0, 0.05) is 12.5 Å². The van der Waals surface area contributed by atoms with Gasteiger partial charge in [0.15, 0.2) is 5.75 Å². The summed E-state index contributed by atoms with van der Waals surface area (Å²) in [6.45, 7) is 0.425. The van der Waals surface area contributed by atoms with Crippen molar-refractivity contribution in [1.82, 2.24) is 5.32 Å². The number of aliphatic hydroxyl groups is 1. The predicted octanol–water partition coefficient (Wildman–Crippen LogP) is 1.26. The van der Waals surface area contributed by atoms with E-state index in [1.54, 1.807) is 6.07 Å². The first-order valence-electron chi connectivity index (χ1n) is 6.63. The average molecular weight is 264 g/mol. The van der Waals surface area contributed by atoms with Crippen molar-refractivity contribution in [3.05, 3.63) is 23.8 Å². The van der Waals surface area contributed by atoms with Crippen molar-refractivity contribution in [3.63, 3.8) is 0 Å². The molecule has 0 spiro atoms. The van der Waals surface area contributed by atoms with Crippen molar-refractivity contribution < 1.29 is 15.0 Å². The molecular weight excluding hydrogens is 244 g/mol. The normalized spacial score (nSPS) is 23.0. The number of aliphatic hydroxyl groups excluding tert-OH is 1. The van der Waals surface area contributed by atoms with Crippen molar-refractivity contribution in [1.29, 1.82) is 0 Å². The lowest BCUT2D eigenvalue weighted by Gasteiger charge is -2.27. The molecule has 1 aromatic carbocycles. The number of carbonyl (C=O) groups is 1. The third-order valence-corrected chi connectivity index (χ3v) is 3.71. The largest absolute Gasteiger partial charge is 0.505 e. The molecule has 0 heterocycles. The summed E-state index contributed by atoms with van der Waals surface area (Å²) in [6, 6.07) is 4.69. The number of para-hydroxylation sites is 1. The van der Waals surface area contributed by atoms with Crippen LogP contribution in [0.15, 0.2) is 18.2 Å². The van der Waals surface area contributed by atoms with Gasteiger partial charge in [-0.15, -0.1) is 0 Å². The molecule has 1 aliphatic carbocycles. The maximum absolute atomic E-state index is 12.0. The third-order valence-electron chi connectivity index (χ3n) is 3.71. The number of carbonyl (C=O) groups excluding carboxylic acids is 1. The monoisotopic (exact) mass is 264 g/mol. The zero-order valence-corrected chi connectivity index (χ0v) is 10.8. The summed E-state index contributed by atoms with van der Waals surface area (Å²) in [5.41, 5.74) is 5.91. The maximum atomic E-state index is 12.0. The van der Waals surface area contributed by atoms with Crippen LogP contribution in [0, 0.1) is 5.92 Å². The Labute approximate surface area is 112 Å². The molecular formula is C14H20N2O3. The molecule has 1 aliphatic rings. The standard InChI is InChI=1S/C14H20N2O3/c15-11-6-3-5-10(13(11)18)14(19)16-8-9-4-1-2-7-12(9)17/h3,5-6,9,12,17-18H,1-2,4,7-8,15H2,(H,16,19). The average Bonchev–Trinajstić information content (AvgIpc) is 2.40. The van der Waals surface area contributed by atoms with Gasteiger partial charge in [-0.25, -0.2) is 0 Å². The van der Waals surface area contributed by atoms with E-state index in [9.17, 15) is 15.0 Å². The molecule has 2 rings (SSSR count). The lowest BCUT2D eigenvalue weighted by atomic mass is 9.86. The van der Waals surface area contributed by atoms with Gasteiger partial charge in [0.05, 0.1) is 17.4 Å². The van der Waals surface area contributed by atoms with E-state index in [0.29, 0.717) is 6.54 Å². The van der Waals surface area contributed by atoms with E-state index in [1.807, 2.05) is 0 Å². The highest BCUT2D eigenvalue weighted by molar-refractivity contribution is 5.98. The van der Waals surface area contributed by atoms with Gasteiger partial charge in [-0.1, -0.05) is 18.9 Å². The highest BCUT2D eigenvalue weighted by Crippen LogP contribution is 2.26. The molecule has 5 nitrogen and oxygen atoms in total. The lowest BCUT2D eigenvalue weighted by molar-refractivity contribution is 0.0662. The molecule has 1 aromatic rings. The van der Waals surface area contributed by atoms with E-state index in [-0.39, 0.29) is 34.9 Å². The number of benzene rings is 1. The molecule has 1 fully saturated rings. The predicted molar refractivity (Wildman–Crippen MR) is 72.8 cm³/mol. The van der Waals surface area contributed by atoms with Crippen LogP contribution in [0.3, 0.4) is 0 Å². The Balaban J connectivity index is 1.95. The van der Waals surface area contributed by atoms with Crippen molar-refractivity contribution in [3.8, 4) is 5.75 Å². The van der Waals surface area contributed by atoms with Gasteiger partial charge in [0.2, 0.25) is 0 Å². The third kappa shape index (κ3) is 3.17. The zero-order valence-electron chi connectivity index (χ0n) is 10.8. The van der Waals surface area contributed by atoms with Crippen molar-refractivity contribution in [2.45, 2.75) is 31.8 Å². The maximum Gasteiger partial charge on any atom is 0.255 e. The molecule has 0 aromatic heterocycles. The first-order chi connectivity index (χ1) is 9.09. The second kappa shape index (κ2) is 5.93. The number of rotatable bonds is 3. The Morgan fingerprint density at radius 3 is 2.84 bits per heavy atom. The summed E-state index contributed by atoms with van der Waals surface area (Å²) >= 11 is 0. The molecule has 19 heavy (non-hydrogen) atoms. The number of hydrogen-bond acceptors (Lipinski definition) is 4. The summed E-state index contributed by atoms with van der Waals surface area (Å²) in [4.78, 5) is 12.0. The first kappa shape index (κ1) is 13.7. The molecule has 2 atom stereocenters. The fraction of sp³-hybridized carbons (Fsp3) is 0.500. The smallest absolute Gasteiger partial charge is 0.255 e. The van der Waals surface area contributed by atoms with Gasteiger partial charge in [0.1, 0.15) is 0 Å². The van der Waals surface area contributed by atoms with Crippen LogP contribution in [0.1, 0.15) is 36.0 Å². The van der Waals surface area contributed by atoms with Crippen LogP contribution in [0.4, 0.5) is 5.69 Å². The van der Waals surface area contributed by atoms with Gasteiger partial charge in [-0.2, -0.15) is 0 Å². The highest BCUT2D eigenvalue weighted by atomic mass is 16.3. The van der Waals surface area contributed by atoms with Crippen molar-refractivity contribution >= 4 is 11.6 Å². The minimum Gasteiger partial charge on any atom is -0.505 e. The van der Waals surface area contributed by atoms with Crippen LogP contribution in [0.2, 0.25) is 0 Å². The Bertz CT molecular complexity index is 462. The van der Waals surface area contributed by atoms with Crippen LogP contribution in [0.25, 0.3) is 0 Å². The molecule has 5 N–H and O–H groups in total. The number of phenolic OH excluding ortho intramolecular Hbond substituents is 1. The second-order valence-corrected chi connectivity index (χ2v) is 5.07. The van der Waals surface area contributed by atoms with Crippen LogP contribution < -0.4 is 11.1 Å². The zero-order chi connectivity index (χ0) is 13.8. The first-order valence-corrected chi connectivity index (χ1v) is 6.63. The van der Waals surface area contributed by atoms with Crippen molar-refractivity contribution in [2.24, 2.45) is 5.92 Å². The number of amides is 1. The summed E-state index contributed by atoms with van der Waals surface area (Å²) in [7, 11) is 0. The SMILES string of the molecule is Nc1cccc(C(=O)NCC2CCCCC2O)c1O. The Kier molecular flexibility index (Phi) is 4.27. The van der Waals surface area contributed by atoms with Gasteiger partial charge >= 0.3 is 0 Å². The second-order valence-electron chi connectivity index (χ2n) is 5.07. The summed E-state index contributed by atoms with van der Waals surface area (Å²) < 4.78 is 0. The number of anilines is 1. The van der Waals surface area contributed by atoms with Crippen LogP contribution in [0.5, 0.6) is 5.75 Å². The molecule has 5 heteroatoms. The number of nitrogens with one attached hydrogen (secondary N) is 1. The van der Waals surface area contributed by atoms with Gasteiger partial charge in [0.25, 0.3) is 5.91 Å². The Morgan fingerprint density at radius 2 is 2.11 bits per heavy atom. The molecule has 2 unspecified atom stereocenters. The van der Waals surface area contributed by atoms with Gasteiger partial charge in [-0.3, -0.25) is 4.79 Å². The van der Waals surface area contributed by atoms with E-state index >= 15 is 0 Å². The number of nitrogen functional groups attached to an aromatic ring is 1. The number of hydrogen-bond donors (Lipinski definition) is 4. The van der Waals surface area contributed by atoms with E-state index < -0.39 is 0 Å². The van der Waals surface area contributed by atoms with E-state index in [4.69, 9.17) is 5.73 Å². The number of nitrogens with two attached hydrogens (primary N) is 1. The number of aromatic hydroxyl groups is 1. The summed E-state index contributed by atoms with van der Waals surface area (Å²) in [5.74, 6) is -0.451. The van der Waals surface area contributed by atoms with Gasteiger partial charge < -0.3 is 21.3 Å². The van der Waals surface area contributed by atoms with Crippen molar-refractivity contribution in [2.75, 3.05) is 12.3 Å². The fourth-order valence-corrected chi connectivity index (χ4v) is 2.49. The van der Waals surface area contributed by atoms with Crippen LogP contribution in [-0.4, -0.2) is 28.8 Å². The molecule has 0 aliphatic heterocycles. The van der Waals surface area contributed by atoms with E-state index in [2.05, 4.69) is 5.32 Å².